The Morgan fingerprint density at radius 3 is 2.41 bits per heavy atom. The highest BCUT2D eigenvalue weighted by Gasteiger charge is 2.10. The second kappa shape index (κ2) is 5.23. The molecule has 0 spiro atoms. The highest BCUT2D eigenvalue weighted by Crippen LogP contribution is 2.34. The Bertz CT molecular complexity index is 557. The number of aliphatic hydroxyl groups excluding tert-OH is 1. The molecule has 17 heavy (non-hydrogen) atoms. The van der Waals surface area contributed by atoms with Crippen LogP contribution in [0.2, 0.25) is 15.2 Å². The molecule has 1 aromatic heterocycles. The fraction of sp³-hybridized carbons (Fsp3) is 0.0833. The second-order valence-corrected chi connectivity index (χ2v) is 4.62. The van der Waals surface area contributed by atoms with E-state index in [-0.39, 0.29) is 6.61 Å². The maximum absolute atomic E-state index is 8.95. The Morgan fingerprint density at radius 2 is 1.76 bits per heavy atom. The fourth-order valence-electron chi connectivity index (χ4n) is 1.46. The number of halogens is 3. The summed E-state index contributed by atoms with van der Waals surface area (Å²) >= 11 is 18.0. The summed E-state index contributed by atoms with van der Waals surface area (Å²) < 4.78 is 0. The minimum Gasteiger partial charge on any atom is -0.390 e. The van der Waals surface area contributed by atoms with Crippen LogP contribution < -0.4 is 0 Å². The quantitative estimate of drug-likeness (QED) is 0.840. The first kappa shape index (κ1) is 12.7. The van der Waals surface area contributed by atoms with Gasteiger partial charge in [-0.3, -0.25) is 0 Å². The highest BCUT2D eigenvalue weighted by atomic mass is 35.5. The van der Waals surface area contributed by atoms with Gasteiger partial charge < -0.3 is 5.11 Å². The van der Waals surface area contributed by atoms with Crippen molar-refractivity contribution >= 4 is 34.8 Å². The molecule has 0 aliphatic heterocycles. The average Bonchev–Trinajstić information content (AvgIpc) is 2.32. The van der Waals surface area contributed by atoms with Crippen LogP contribution in [0, 0.1) is 0 Å². The zero-order valence-corrected chi connectivity index (χ0v) is 10.9. The zero-order chi connectivity index (χ0) is 12.4. The monoisotopic (exact) mass is 287 g/mol. The van der Waals surface area contributed by atoms with Gasteiger partial charge in [-0.2, -0.15) is 0 Å². The van der Waals surface area contributed by atoms with Gasteiger partial charge in [-0.15, -0.1) is 0 Å². The lowest BCUT2D eigenvalue weighted by molar-refractivity contribution is 0.277. The number of pyridine rings is 1. The molecule has 0 unspecified atom stereocenters. The number of rotatable bonds is 2. The minimum atomic E-state index is -0.150. The van der Waals surface area contributed by atoms with Gasteiger partial charge in [0.15, 0.2) is 0 Å². The lowest BCUT2D eigenvalue weighted by Gasteiger charge is -2.07. The molecule has 2 aromatic rings. The largest absolute Gasteiger partial charge is 0.390 e. The molecule has 0 aliphatic carbocycles. The summed E-state index contributed by atoms with van der Waals surface area (Å²) in [5.74, 6) is 0. The summed E-state index contributed by atoms with van der Waals surface area (Å²) in [6, 6.07) is 8.59. The first-order chi connectivity index (χ1) is 8.11. The van der Waals surface area contributed by atoms with Crippen molar-refractivity contribution in [1.29, 1.82) is 0 Å². The summed E-state index contributed by atoms with van der Waals surface area (Å²) in [6.07, 6.45) is 0. The van der Waals surface area contributed by atoms with E-state index < -0.39 is 0 Å². The van der Waals surface area contributed by atoms with Crippen LogP contribution in [0.15, 0.2) is 30.3 Å². The van der Waals surface area contributed by atoms with Crippen LogP contribution in [0.25, 0.3) is 11.1 Å². The normalized spacial score (nSPS) is 10.6. The molecule has 1 N–H and O–H groups in total. The van der Waals surface area contributed by atoms with Gasteiger partial charge in [-0.05, 0) is 30.3 Å². The standard InChI is InChI=1S/C12H8Cl3NO/c13-7-1-4-11(14)10(5-7)9-3-2-8(6-17)16-12(9)15/h1-5,17H,6H2. The lowest BCUT2D eigenvalue weighted by atomic mass is 10.1. The molecule has 0 fully saturated rings. The molecule has 0 atom stereocenters. The molecule has 1 aromatic carbocycles. The lowest BCUT2D eigenvalue weighted by Crippen LogP contribution is -1.91. The maximum atomic E-state index is 8.95. The Morgan fingerprint density at radius 1 is 1.00 bits per heavy atom. The molecular weight excluding hydrogens is 280 g/mol. The summed E-state index contributed by atoms with van der Waals surface area (Å²) in [5.41, 5.74) is 1.93. The predicted molar refractivity (Wildman–Crippen MR) is 70.6 cm³/mol. The number of hydrogen-bond donors (Lipinski definition) is 1. The van der Waals surface area contributed by atoms with E-state index in [1.165, 1.54) is 0 Å². The third-order valence-corrected chi connectivity index (χ3v) is 3.14. The topological polar surface area (TPSA) is 33.1 Å². The molecule has 88 valence electrons. The van der Waals surface area contributed by atoms with E-state index in [1.807, 2.05) is 0 Å². The number of benzene rings is 1. The number of aromatic nitrogens is 1. The maximum Gasteiger partial charge on any atom is 0.137 e. The van der Waals surface area contributed by atoms with Crippen molar-refractivity contribution in [3.63, 3.8) is 0 Å². The van der Waals surface area contributed by atoms with Gasteiger partial charge in [0.25, 0.3) is 0 Å². The average molecular weight is 289 g/mol. The Kier molecular flexibility index (Phi) is 3.89. The van der Waals surface area contributed by atoms with E-state index in [9.17, 15) is 0 Å². The van der Waals surface area contributed by atoms with E-state index in [0.717, 1.165) is 5.56 Å². The molecule has 1 heterocycles. The van der Waals surface area contributed by atoms with E-state index >= 15 is 0 Å². The SMILES string of the molecule is OCc1ccc(-c2cc(Cl)ccc2Cl)c(Cl)n1. The molecule has 0 saturated heterocycles. The molecule has 0 saturated carbocycles. The highest BCUT2D eigenvalue weighted by molar-refractivity contribution is 6.37. The summed E-state index contributed by atoms with van der Waals surface area (Å²) in [7, 11) is 0. The van der Waals surface area contributed by atoms with Gasteiger partial charge in [-0.25, -0.2) is 4.98 Å². The van der Waals surface area contributed by atoms with E-state index in [1.54, 1.807) is 30.3 Å². The van der Waals surface area contributed by atoms with Gasteiger partial charge in [-0.1, -0.05) is 34.8 Å². The molecular formula is C12H8Cl3NO. The fourth-order valence-corrected chi connectivity index (χ4v) is 2.13. The second-order valence-electron chi connectivity index (χ2n) is 3.42. The first-order valence-electron chi connectivity index (χ1n) is 4.83. The van der Waals surface area contributed by atoms with Crippen LogP contribution in [0.4, 0.5) is 0 Å². The zero-order valence-electron chi connectivity index (χ0n) is 8.62. The van der Waals surface area contributed by atoms with Crippen molar-refractivity contribution in [2.75, 3.05) is 0 Å². The van der Waals surface area contributed by atoms with Crippen LogP contribution in [0.1, 0.15) is 5.69 Å². The molecule has 0 radical (unpaired) electrons. The van der Waals surface area contributed by atoms with Crippen molar-refractivity contribution in [2.24, 2.45) is 0 Å². The van der Waals surface area contributed by atoms with Gasteiger partial charge in [0.1, 0.15) is 5.15 Å². The molecule has 0 amide bonds. The van der Waals surface area contributed by atoms with Crippen LogP contribution in [0.3, 0.4) is 0 Å². The van der Waals surface area contributed by atoms with Crippen LogP contribution >= 0.6 is 34.8 Å². The van der Waals surface area contributed by atoms with Crippen molar-refractivity contribution < 1.29 is 5.11 Å². The molecule has 5 heteroatoms. The van der Waals surface area contributed by atoms with Gasteiger partial charge in [0.2, 0.25) is 0 Å². The summed E-state index contributed by atoms with van der Waals surface area (Å²) in [6.45, 7) is -0.150. The number of hydrogen-bond acceptors (Lipinski definition) is 2. The summed E-state index contributed by atoms with van der Waals surface area (Å²) in [4.78, 5) is 4.05. The van der Waals surface area contributed by atoms with E-state index in [4.69, 9.17) is 39.9 Å². The number of aliphatic hydroxyl groups is 1. The smallest absolute Gasteiger partial charge is 0.137 e. The van der Waals surface area contributed by atoms with Crippen molar-refractivity contribution in [2.45, 2.75) is 6.61 Å². The molecule has 0 bridgehead atoms. The summed E-state index contributed by atoms with van der Waals surface area (Å²) in [5, 5.41) is 10.4. The third kappa shape index (κ3) is 2.72. The van der Waals surface area contributed by atoms with Gasteiger partial charge in [0.05, 0.1) is 12.3 Å². The number of nitrogens with zero attached hydrogens (tertiary/aromatic N) is 1. The van der Waals surface area contributed by atoms with E-state index in [0.29, 0.717) is 26.5 Å². The molecule has 0 aliphatic rings. The predicted octanol–water partition coefficient (Wildman–Crippen LogP) is 4.20. The first-order valence-corrected chi connectivity index (χ1v) is 5.97. The van der Waals surface area contributed by atoms with Crippen LogP contribution in [-0.2, 0) is 6.61 Å². The van der Waals surface area contributed by atoms with Crippen LogP contribution in [0.5, 0.6) is 0 Å². The molecule has 2 nitrogen and oxygen atoms in total. The minimum absolute atomic E-state index is 0.150. The van der Waals surface area contributed by atoms with Crippen LogP contribution in [-0.4, -0.2) is 10.1 Å². The van der Waals surface area contributed by atoms with Crippen molar-refractivity contribution in [3.8, 4) is 11.1 Å². The third-order valence-electron chi connectivity index (χ3n) is 2.29. The Labute approximate surface area is 114 Å². The van der Waals surface area contributed by atoms with E-state index in [2.05, 4.69) is 4.98 Å². The van der Waals surface area contributed by atoms with Crippen molar-refractivity contribution in [1.82, 2.24) is 4.98 Å². The van der Waals surface area contributed by atoms with Gasteiger partial charge >= 0.3 is 0 Å². The Balaban J connectivity index is 2.56. The van der Waals surface area contributed by atoms with Gasteiger partial charge in [0, 0.05) is 21.2 Å². The molecule has 2 rings (SSSR count). The Hall–Kier alpha value is -0.800. The van der Waals surface area contributed by atoms with Crippen molar-refractivity contribution in [3.05, 3.63) is 51.2 Å².